The standard InChI is InChI=1S/C19H15ClN2O3/c1-11-4-3-5-12(2)17(11)22-19(23)14(9-21)6-13-7-15(20)18-16(8-13)24-10-25-18/h3-8H,10H2,1-2H3,(H,22,23)/b14-6+. The SMILES string of the molecule is Cc1cccc(C)c1NC(=O)/C(C#N)=C/c1cc(Cl)c2c(c1)OCO2. The van der Waals surface area contributed by atoms with Crippen molar-refractivity contribution in [2.45, 2.75) is 13.8 Å². The van der Waals surface area contributed by atoms with Crippen LogP contribution in [-0.4, -0.2) is 12.7 Å². The number of anilines is 1. The van der Waals surface area contributed by atoms with Crippen molar-refractivity contribution in [3.63, 3.8) is 0 Å². The number of nitrogens with zero attached hydrogens (tertiary/aromatic N) is 1. The van der Waals surface area contributed by atoms with Gasteiger partial charge in [-0.2, -0.15) is 5.26 Å². The summed E-state index contributed by atoms with van der Waals surface area (Å²) in [6, 6.07) is 10.9. The second-order valence-corrected chi connectivity index (χ2v) is 6.03. The molecule has 5 nitrogen and oxygen atoms in total. The van der Waals surface area contributed by atoms with Crippen LogP contribution < -0.4 is 14.8 Å². The molecule has 0 spiro atoms. The Balaban J connectivity index is 1.90. The van der Waals surface area contributed by atoms with Crippen molar-refractivity contribution in [3.8, 4) is 17.6 Å². The zero-order valence-electron chi connectivity index (χ0n) is 13.7. The molecular weight excluding hydrogens is 340 g/mol. The van der Waals surface area contributed by atoms with Gasteiger partial charge in [0.1, 0.15) is 11.6 Å². The number of carbonyl (C=O) groups excluding carboxylic acids is 1. The fourth-order valence-corrected chi connectivity index (χ4v) is 2.85. The van der Waals surface area contributed by atoms with Crippen LogP contribution in [0.25, 0.3) is 6.08 Å². The van der Waals surface area contributed by atoms with Crippen molar-refractivity contribution in [1.82, 2.24) is 0 Å². The summed E-state index contributed by atoms with van der Waals surface area (Å²) in [5, 5.41) is 12.5. The van der Waals surface area contributed by atoms with Crippen LogP contribution in [0.4, 0.5) is 5.69 Å². The predicted molar refractivity (Wildman–Crippen MR) is 95.7 cm³/mol. The summed E-state index contributed by atoms with van der Waals surface area (Å²) in [5.74, 6) is 0.484. The number of benzene rings is 2. The van der Waals surface area contributed by atoms with E-state index in [2.05, 4.69) is 5.32 Å². The number of rotatable bonds is 3. The molecule has 0 saturated carbocycles. The average Bonchev–Trinajstić information content (AvgIpc) is 3.05. The quantitative estimate of drug-likeness (QED) is 0.661. The Morgan fingerprint density at radius 2 is 2.00 bits per heavy atom. The fraction of sp³-hybridized carbons (Fsp3) is 0.158. The summed E-state index contributed by atoms with van der Waals surface area (Å²) in [5.41, 5.74) is 3.12. The molecule has 0 saturated heterocycles. The summed E-state index contributed by atoms with van der Waals surface area (Å²) in [6.07, 6.45) is 1.47. The molecule has 1 amide bonds. The number of nitriles is 1. The molecule has 2 aromatic rings. The van der Waals surface area contributed by atoms with Crippen LogP contribution in [0.3, 0.4) is 0 Å². The van der Waals surface area contributed by atoms with Gasteiger partial charge in [0.25, 0.3) is 5.91 Å². The van der Waals surface area contributed by atoms with E-state index in [1.54, 1.807) is 12.1 Å². The second-order valence-electron chi connectivity index (χ2n) is 5.63. The zero-order chi connectivity index (χ0) is 18.0. The van der Waals surface area contributed by atoms with Crippen LogP contribution in [0, 0.1) is 25.2 Å². The van der Waals surface area contributed by atoms with Gasteiger partial charge in [0.2, 0.25) is 6.79 Å². The minimum atomic E-state index is -0.478. The van der Waals surface area contributed by atoms with Gasteiger partial charge in [-0.3, -0.25) is 4.79 Å². The highest BCUT2D eigenvalue weighted by atomic mass is 35.5. The van der Waals surface area contributed by atoms with Gasteiger partial charge in [0.05, 0.1) is 5.02 Å². The monoisotopic (exact) mass is 354 g/mol. The van der Waals surface area contributed by atoms with E-state index in [-0.39, 0.29) is 12.4 Å². The maximum Gasteiger partial charge on any atom is 0.266 e. The van der Waals surface area contributed by atoms with Gasteiger partial charge in [-0.05, 0) is 48.7 Å². The largest absolute Gasteiger partial charge is 0.454 e. The molecule has 0 unspecified atom stereocenters. The lowest BCUT2D eigenvalue weighted by atomic mass is 10.1. The molecule has 0 aliphatic carbocycles. The molecule has 0 radical (unpaired) electrons. The zero-order valence-corrected chi connectivity index (χ0v) is 14.5. The Morgan fingerprint density at radius 3 is 2.68 bits per heavy atom. The summed E-state index contributed by atoms with van der Waals surface area (Å²) in [6.45, 7) is 3.90. The van der Waals surface area contributed by atoms with Gasteiger partial charge in [-0.15, -0.1) is 0 Å². The van der Waals surface area contributed by atoms with Gasteiger partial charge in [0.15, 0.2) is 11.5 Å². The van der Waals surface area contributed by atoms with Crippen LogP contribution in [0.15, 0.2) is 35.9 Å². The lowest BCUT2D eigenvalue weighted by molar-refractivity contribution is -0.112. The van der Waals surface area contributed by atoms with Gasteiger partial charge < -0.3 is 14.8 Å². The number of hydrogen-bond acceptors (Lipinski definition) is 4. The van der Waals surface area contributed by atoms with Gasteiger partial charge in [0, 0.05) is 5.69 Å². The van der Waals surface area contributed by atoms with E-state index >= 15 is 0 Å². The maximum atomic E-state index is 12.5. The maximum absolute atomic E-state index is 12.5. The van der Waals surface area contributed by atoms with Crippen molar-refractivity contribution >= 4 is 29.3 Å². The fourth-order valence-electron chi connectivity index (χ4n) is 2.58. The summed E-state index contributed by atoms with van der Waals surface area (Å²) in [4.78, 5) is 12.5. The summed E-state index contributed by atoms with van der Waals surface area (Å²) >= 11 is 6.13. The van der Waals surface area contributed by atoms with Crippen LogP contribution in [-0.2, 0) is 4.79 Å². The number of halogens is 1. The number of para-hydroxylation sites is 1. The highest BCUT2D eigenvalue weighted by molar-refractivity contribution is 6.32. The minimum absolute atomic E-state index is 0.0300. The minimum Gasteiger partial charge on any atom is -0.454 e. The highest BCUT2D eigenvalue weighted by Crippen LogP contribution is 2.40. The molecule has 126 valence electrons. The number of amides is 1. The van der Waals surface area contributed by atoms with Crippen LogP contribution in [0.2, 0.25) is 5.02 Å². The number of nitrogens with one attached hydrogen (secondary N) is 1. The number of fused-ring (bicyclic) bond motifs is 1. The molecule has 0 atom stereocenters. The van der Waals surface area contributed by atoms with E-state index in [0.717, 1.165) is 11.1 Å². The number of carbonyl (C=O) groups is 1. The molecular formula is C19H15ClN2O3. The third-order valence-corrected chi connectivity index (χ3v) is 4.13. The lowest BCUT2D eigenvalue weighted by Gasteiger charge is -2.11. The molecule has 3 rings (SSSR count). The molecule has 1 heterocycles. The molecule has 1 aliphatic heterocycles. The van der Waals surface area contributed by atoms with Crippen molar-refractivity contribution in [1.29, 1.82) is 5.26 Å². The van der Waals surface area contributed by atoms with Crippen molar-refractivity contribution < 1.29 is 14.3 Å². The third kappa shape index (κ3) is 3.44. The smallest absolute Gasteiger partial charge is 0.266 e. The first-order valence-electron chi connectivity index (χ1n) is 7.58. The first-order chi connectivity index (χ1) is 12.0. The molecule has 25 heavy (non-hydrogen) atoms. The summed E-state index contributed by atoms with van der Waals surface area (Å²) in [7, 11) is 0. The molecule has 1 N–H and O–H groups in total. The first kappa shape index (κ1) is 16.9. The van der Waals surface area contributed by atoms with Crippen LogP contribution in [0.5, 0.6) is 11.5 Å². The Labute approximate surface area is 150 Å². The molecule has 0 aromatic heterocycles. The van der Waals surface area contributed by atoms with E-state index < -0.39 is 5.91 Å². The highest BCUT2D eigenvalue weighted by Gasteiger charge is 2.19. The molecule has 6 heteroatoms. The lowest BCUT2D eigenvalue weighted by Crippen LogP contribution is -2.15. The summed E-state index contributed by atoms with van der Waals surface area (Å²) < 4.78 is 10.6. The van der Waals surface area contributed by atoms with E-state index in [1.807, 2.05) is 38.1 Å². The van der Waals surface area contributed by atoms with E-state index in [0.29, 0.717) is 27.8 Å². The van der Waals surface area contributed by atoms with Crippen molar-refractivity contribution in [3.05, 3.63) is 57.6 Å². The predicted octanol–water partition coefficient (Wildman–Crippen LogP) is 4.23. The van der Waals surface area contributed by atoms with Gasteiger partial charge in [-0.25, -0.2) is 0 Å². The van der Waals surface area contributed by atoms with E-state index in [9.17, 15) is 10.1 Å². The topological polar surface area (TPSA) is 71.4 Å². The van der Waals surface area contributed by atoms with Gasteiger partial charge >= 0.3 is 0 Å². The number of hydrogen-bond donors (Lipinski definition) is 1. The Morgan fingerprint density at radius 1 is 1.28 bits per heavy atom. The third-order valence-electron chi connectivity index (χ3n) is 3.85. The first-order valence-corrected chi connectivity index (χ1v) is 7.96. The number of aryl methyl sites for hydroxylation is 2. The molecule has 2 aromatic carbocycles. The van der Waals surface area contributed by atoms with E-state index in [4.69, 9.17) is 21.1 Å². The normalized spacial score (nSPS) is 12.6. The van der Waals surface area contributed by atoms with Crippen LogP contribution >= 0.6 is 11.6 Å². The Hall–Kier alpha value is -2.97. The molecule has 0 fully saturated rings. The van der Waals surface area contributed by atoms with Crippen molar-refractivity contribution in [2.24, 2.45) is 0 Å². The second kappa shape index (κ2) is 6.88. The van der Waals surface area contributed by atoms with Gasteiger partial charge in [-0.1, -0.05) is 29.8 Å². The molecule has 1 aliphatic rings. The average molecular weight is 355 g/mol. The molecule has 0 bridgehead atoms. The Bertz CT molecular complexity index is 909. The van der Waals surface area contributed by atoms with Crippen LogP contribution in [0.1, 0.15) is 16.7 Å². The number of ether oxygens (including phenoxy) is 2. The van der Waals surface area contributed by atoms with Crippen molar-refractivity contribution in [2.75, 3.05) is 12.1 Å². The van der Waals surface area contributed by atoms with E-state index in [1.165, 1.54) is 6.08 Å². The Kier molecular flexibility index (Phi) is 4.64.